The van der Waals surface area contributed by atoms with Crippen molar-refractivity contribution >= 4 is 12.2 Å². The Bertz CT molecular complexity index is 765. The number of hydrogen-bond acceptors (Lipinski definition) is 2. The third-order valence-corrected chi connectivity index (χ3v) is 3.40. The van der Waals surface area contributed by atoms with Crippen LogP contribution in [0.3, 0.4) is 0 Å². The third kappa shape index (κ3) is 7.69. The van der Waals surface area contributed by atoms with E-state index in [-0.39, 0.29) is 5.41 Å². The molecule has 3 heteroatoms. The number of benzene rings is 1. The van der Waals surface area contributed by atoms with Crippen LogP contribution in [0.4, 0.5) is 0 Å². The molecule has 2 aromatic rings. The fourth-order valence-electron chi connectivity index (χ4n) is 2.20. The Morgan fingerprint density at radius 1 is 1.16 bits per heavy atom. The molecule has 130 valence electrons. The Balaban J connectivity index is 1.83. The summed E-state index contributed by atoms with van der Waals surface area (Å²) in [6, 6.07) is 12.3. The van der Waals surface area contributed by atoms with Gasteiger partial charge in [-0.3, -0.25) is 10.00 Å². The molecule has 0 saturated heterocycles. The molecule has 0 aliphatic heterocycles. The van der Waals surface area contributed by atoms with Crippen molar-refractivity contribution in [3.63, 3.8) is 0 Å². The highest BCUT2D eigenvalue weighted by Gasteiger charge is 2.03. The SMILES string of the molecule is CN(CC=CC#CC(C)(C)C)Cc1cc(C=Cc2ccccc2)n[nH]1. The summed E-state index contributed by atoms with van der Waals surface area (Å²) in [5, 5.41) is 7.44. The van der Waals surface area contributed by atoms with Gasteiger partial charge in [-0.05, 0) is 51.6 Å². The van der Waals surface area contributed by atoms with Gasteiger partial charge in [0.1, 0.15) is 0 Å². The van der Waals surface area contributed by atoms with Crippen molar-refractivity contribution in [2.45, 2.75) is 27.3 Å². The number of likely N-dealkylation sites (N-methyl/N-ethyl adjacent to an activating group) is 1. The highest BCUT2D eigenvalue weighted by molar-refractivity contribution is 5.67. The monoisotopic (exact) mass is 333 g/mol. The second kappa shape index (κ2) is 9.05. The highest BCUT2D eigenvalue weighted by atomic mass is 15.2. The summed E-state index contributed by atoms with van der Waals surface area (Å²) >= 11 is 0. The summed E-state index contributed by atoms with van der Waals surface area (Å²) in [6.45, 7) is 8.02. The van der Waals surface area contributed by atoms with Gasteiger partial charge in [0.15, 0.2) is 0 Å². The van der Waals surface area contributed by atoms with Crippen LogP contribution in [-0.4, -0.2) is 28.7 Å². The minimum Gasteiger partial charge on any atom is -0.297 e. The van der Waals surface area contributed by atoms with Crippen LogP contribution in [0.15, 0.2) is 48.6 Å². The average Bonchev–Trinajstić information content (AvgIpc) is 3.00. The van der Waals surface area contributed by atoms with E-state index in [1.807, 2.05) is 30.4 Å². The molecule has 0 saturated carbocycles. The maximum Gasteiger partial charge on any atom is 0.0852 e. The van der Waals surface area contributed by atoms with Crippen molar-refractivity contribution in [3.8, 4) is 11.8 Å². The van der Waals surface area contributed by atoms with E-state index in [1.54, 1.807) is 0 Å². The van der Waals surface area contributed by atoms with Gasteiger partial charge in [0.2, 0.25) is 0 Å². The molecule has 1 heterocycles. The Labute approximate surface area is 151 Å². The van der Waals surface area contributed by atoms with E-state index in [0.29, 0.717) is 0 Å². The Hall–Kier alpha value is -2.57. The minimum atomic E-state index is 0.0514. The maximum absolute atomic E-state index is 4.34. The predicted octanol–water partition coefficient (Wildman–Crippen LogP) is 4.62. The third-order valence-electron chi connectivity index (χ3n) is 3.40. The molecule has 0 spiro atoms. The summed E-state index contributed by atoms with van der Waals surface area (Å²) in [5.41, 5.74) is 3.27. The first-order chi connectivity index (χ1) is 11.9. The Morgan fingerprint density at radius 3 is 2.64 bits per heavy atom. The molecular weight excluding hydrogens is 306 g/mol. The molecule has 0 atom stereocenters. The van der Waals surface area contributed by atoms with Gasteiger partial charge in [0.05, 0.1) is 5.69 Å². The lowest BCUT2D eigenvalue weighted by Gasteiger charge is -2.12. The molecule has 0 bridgehead atoms. The zero-order valence-corrected chi connectivity index (χ0v) is 15.6. The number of nitrogens with zero attached hydrogens (tertiary/aromatic N) is 2. The minimum absolute atomic E-state index is 0.0514. The number of aromatic nitrogens is 2. The van der Waals surface area contributed by atoms with Crippen LogP contribution in [0, 0.1) is 17.3 Å². The lowest BCUT2D eigenvalue weighted by Crippen LogP contribution is -2.17. The molecular formula is C22H27N3. The van der Waals surface area contributed by atoms with Gasteiger partial charge in [-0.2, -0.15) is 5.10 Å². The van der Waals surface area contributed by atoms with E-state index in [1.165, 1.54) is 5.56 Å². The molecule has 2 rings (SSSR count). The van der Waals surface area contributed by atoms with Crippen molar-refractivity contribution in [1.82, 2.24) is 15.1 Å². The number of allylic oxidation sites excluding steroid dienone is 1. The molecule has 1 N–H and O–H groups in total. The Kier molecular flexibility index (Phi) is 6.80. The van der Waals surface area contributed by atoms with Gasteiger partial charge < -0.3 is 0 Å². The zero-order valence-electron chi connectivity index (χ0n) is 15.6. The van der Waals surface area contributed by atoms with Crippen LogP contribution < -0.4 is 0 Å². The maximum atomic E-state index is 4.34. The topological polar surface area (TPSA) is 31.9 Å². The first-order valence-electron chi connectivity index (χ1n) is 8.56. The van der Waals surface area contributed by atoms with Crippen LogP contribution in [0.2, 0.25) is 0 Å². The second-order valence-corrected chi connectivity index (χ2v) is 7.18. The normalized spacial score (nSPS) is 12.0. The van der Waals surface area contributed by atoms with Crippen LogP contribution >= 0.6 is 0 Å². The molecule has 25 heavy (non-hydrogen) atoms. The summed E-state index contributed by atoms with van der Waals surface area (Å²) < 4.78 is 0. The number of nitrogens with one attached hydrogen (secondary N) is 1. The van der Waals surface area contributed by atoms with E-state index in [2.05, 4.69) is 85.1 Å². The van der Waals surface area contributed by atoms with E-state index < -0.39 is 0 Å². The quantitative estimate of drug-likeness (QED) is 0.782. The molecule has 0 fully saturated rings. The van der Waals surface area contributed by atoms with Crippen LogP contribution in [0.1, 0.15) is 37.7 Å². The molecule has 3 nitrogen and oxygen atoms in total. The van der Waals surface area contributed by atoms with Crippen molar-refractivity contribution in [2.75, 3.05) is 13.6 Å². The fraction of sp³-hybridized carbons (Fsp3) is 0.318. The van der Waals surface area contributed by atoms with E-state index in [9.17, 15) is 0 Å². The molecule has 1 aromatic carbocycles. The molecule has 0 radical (unpaired) electrons. The predicted molar refractivity (Wildman–Crippen MR) is 107 cm³/mol. The van der Waals surface area contributed by atoms with Crippen molar-refractivity contribution < 1.29 is 0 Å². The van der Waals surface area contributed by atoms with E-state index in [4.69, 9.17) is 0 Å². The van der Waals surface area contributed by atoms with E-state index in [0.717, 1.165) is 24.5 Å². The Morgan fingerprint density at radius 2 is 1.92 bits per heavy atom. The first kappa shape index (κ1) is 18.8. The van der Waals surface area contributed by atoms with Gasteiger partial charge in [-0.25, -0.2) is 0 Å². The fourth-order valence-corrected chi connectivity index (χ4v) is 2.20. The summed E-state index contributed by atoms with van der Waals surface area (Å²) in [6.07, 6.45) is 8.12. The van der Waals surface area contributed by atoms with Crippen LogP contribution in [-0.2, 0) is 6.54 Å². The standard InChI is InChI=1S/C22H27N3/c1-22(2,3)15-9-6-10-16-25(4)18-21-17-20(23-24-21)14-13-19-11-7-5-8-12-19/h5-8,10-14,17H,16,18H2,1-4H3,(H,23,24). The summed E-state index contributed by atoms with van der Waals surface area (Å²) in [7, 11) is 2.09. The van der Waals surface area contributed by atoms with Gasteiger partial charge in [-0.1, -0.05) is 54.3 Å². The van der Waals surface area contributed by atoms with Crippen LogP contribution in [0.25, 0.3) is 12.2 Å². The van der Waals surface area contributed by atoms with Gasteiger partial charge >= 0.3 is 0 Å². The van der Waals surface area contributed by atoms with Gasteiger partial charge in [0, 0.05) is 24.2 Å². The number of rotatable bonds is 6. The molecule has 0 unspecified atom stereocenters. The molecule has 0 aliphatic rings. The largest absolute Gasteiger partial charge is 0.297 e. The van der Waals surface area contributed by atoms with Crippen molar-refractivity contribution in [2.24, 2.45) is 5.41 Å². The molecule has 0 aliphatic carbocycles. The van der Waals surface area contributed by atoms with Crippen LogP contribution in [0.5, 0.6) is 0 Å². The lowest BCUT2D eigenvalue weighted by molar-refractivity contribution is 0.358. The second-order valence-electron chi connectivity index (χ2n) is 7.18. The smallest absolute Gasteiger partial charge is 0.0852 e. The number of aromatic amines is 1. The summed E-state index contributed by atoms with van der Waals surface area (Å²) in [4.78, 5) is 2.22. The summed E-state index contributed by atoms with van der Waals surface area (Å²) in [5.74, 6) is 6.29. The van der Waals surface area contributed by atoms with Crippen molar-refractivity contribution in [3.05, 3.63) is 65.5 Å². The lowest BCUT2D eigenvalue weighted by atomic mass is 9.98. The number of hydrogen-bond donors (Lipinski definition) is 1. The molecule has 0 amide bonds. The average molecular weight is 333 g/mol. The van der Waals surface area contributed by atoms with Crippen molar-refractivity contribution in [1.29, 1.82) is 0 Å². The first-order valence-corrected chi connectivity index (χ1v) is 8.56. The number of H-pyrrole nitrogens is 1. The van der Waals surface area contributed by atoms with Gasteiger partial charge in [-0.15, -0.1) is 0 Å². The van der Waals surface area contributed by atoms with Gasteiger partial charge in [0.25, 0.3) is 0 Å². The molecule has 1 aromatic heterocycles. The zero-order chi connectivity index (χ0) is 18.1. The van der Waals surface area contributed by atoms with E-state index >= 15 is 0 Å². The highest BCUT2D eigenvalue weighted by Crippen LogP contribution is 2.10.